The summed E-state index contributed by atoms with van der Waals surface area (Å²) in [6, 6.07) is 7.34. The van der Waals surface area contributed by atoms with E-state index in [4.69, 9.17) is 4.74 Å². The monoisotopic (exact) mass is 554 g/mol. The highest BCUT2D eigenvalue weighted by molar-refractivity contribution is 6.02. The Morgan fingerprint density at radius 3 is 2.60 bits per heavy atom. The number of carbonyl (C=O) groups is 1. The second-order valence-electron chi connectivity index (χ2n) is 9.14. The number of fused-ring (bicyclic) bond motifs is 1. The summed E-state index contributed by atoms with van der Waals surface area (Å²) in [6.07, 6.45) is 0.927. The Hall–Kier alpha value is -4.65. The molecule has 0 saturated heterocycles. The number of ether oxygens (including phenoxy) is 1. The maximum Gasteiger partial charge on any atom is 0.419 e. The van der Waals surface area contributed by atoms with Crippen LogP contribution < -0.4 is 20.3 Å². The zero-order valence-electron chi connectivity index (χ0n) is 22.5. The van der Waals surface area contributed by atoms with Crippen LogP contribution in [0.4, 0.5) is 36.2 Å². The van der Waals surface area contributed by atoms with Gasteiger partial charge in [-0.05, 0) is 44.4 Å². The molecule has 10 nitrogen and oxygen atoms in total. The number of benzene rings is 1. The third kappa shape index (κ3) is 6.15. The lowest BCUT2D eigenvalue weighted by atomic mass is 10.2. The SMILES string of the molecule is C=CC(=O)Nc1cc(Nc2nccc(-c3cnc4c(C(F)(F)F)cccn34)n2)c(OC)cc1N(C)CCN(C)C. The Morgan fingerprint density at radius 2 is 1.93 bits per heavy atom. The van der Waals surface area contributed by atoms with Crippen LogP contribution in [0.5, 0.6) is 5.75 Å². The van der Waals surface area contributed by atoms with Gasteiger partial charge in [0, 0.05) is 38.6 Å². The summed E-state index contributed by atoms with van der Waals surface area (Å²) in [5, 5.41) is 5.92. The average molecular weight is 555 g/mol. The van der Waals surface area contributed by atoms with Gasteiger partial charge in [-0.15, -0.1) is 0 Å². The van der Waals surface area contributed by atoms with E-state index in [1.54, 1.807) is 18.2 Å². The Bertz CT molecular complexity index is 1530. The molecule has 1 aromatic carbocycles. The van der Waals surface area contributed by atoms with Gasteiger partial charge in [-0.2, -0.15) is 13.2 Å². The molecule has 0 aliphatic heterocycles. The molecule has 0 fully saturated rings. The van der Waals surface area contributed by atoms with Crippen LogP contribution in [0.3, 0.4) is 0 Å². The number of pyridine rings is 1. The number of anilines is 4. The molecular weight excluding hydrogens is 525 g/mol. The molecule has 13 heteroatoms. The lowest BCUT2D eigenvalue weighted by Gasteiger charge is -2.26. The third-order valence-corrected chi connectivity index (χ3v) is 6.06. The van der Waals surface area contributed by atoms with E-state index in [0.29, 0.717) is 35.1 Å². The van der Waals surface area contributed by atoms with Gasteiger partial charge < -0.3 is 25.2 Å². The van der Waals surface area contributed by atoms with Gasteiger partial charge in [0.15, 0.2) is 0 Å². The number of alkyl halides is 3. The van der Waals surface area contributed by atoms with E-state index in [1.165, 1.54) is 42.2 Å². The van der Waals surface area contributed by atoms with E-state index in [9.17, 15) is 18.0 Å². The number of likely N-dealkylation sites (N-methyl/N-ethyl adjacent to an activating group) is 2. The molecule has 0 aliphatic rings. The van der Waals surface area contributed by atoms with Crippen LogP contribution in [0.15, 0.2) is 61.6 Å². The number of rotatable bonds is 10. The first-order chi connectivity index (χ1) is 19.0. The van der Waals surface area contributed by atoms with Crippen molar-refractivity contribution in [2.24, 2.45) is 0 Å². The predicted molar refractivity (Wildman–Crippen MR) is 148 cm³/mol. The highest BCUT2D eigenvalue weighted by Crippen LogP contribution is 2.38. The summed E-state index contributed by atoms with van der Waals surface area (Å²) in [7, 11) is 7.36. The summed E-state index contributed by atoms with van der Waals surface area (Å²) in [5.41, 5.74) is 1.33. The molecule has 0 atom stereocenters. The Morgan fingerprint density at radius 1 is 1.15 bits per heavy atom. The Balaban J connectivity index is 1.71. The number of imidazole rings is 1. The summed E-state index contributed by atoms with van der Waals surface area (Å²) in [5.74, 6) is 0.233. The van der Waals surface area contributed by atoms with E-state index in [1.807, 2.05) is 30.9 Å². The lowest BCUT2D eigenvalue weighted by molar-refractivity contribution is -0.136. The van der Waals surface area contributed by atoms with Crippen LogP contribution in [-0.2, 0) is 11.0 Å². The molecule has 2 N–H and O–H groups in total. The first-order valence-corrected chi connectivity index (χ1v) is 12.2. The minimum Gasteiger partial charge on any atom is -0.494 e. The number of nitrogens with zero attached hydrogens (tertiary/aromatic N) is 6. The minimum atomic E-state index is -4.55. The van der Waals surface area contributed by atoms with E-state index in [0.717, 1.165) is 18.3 Å². The van der Waals surface area contributed by atoms with E-state index in [-0.39, 0.29) is 17.5 Å². The lowest BCUT2D eigenvalue weighted by Crippen LogP contribution is -2.29. The second kappa shape index (κ2) is 11.6. The summed E-state index contributed by atoms with van der Waals surface area (Å²) < 4.78 is 47.3. The first kappa shape index (κ1) is 28.4. The Kier molecular flexibility index (Phi) is 8.24. The number of hydrogen-bond acceptors (Lipinski definition) is 8. The number of methoxy groups -OCH3 is 1. The van der Waals surface area contributed by atoms with Gasteiger partial charge in [0.25, 0.3) is 0 Å². The number of nitrogens with one attached hydrogen (secondary N) is 2. The number of halogens is 3. The molecule has 0 bridgehead atoms. The molecule has 3 aromatic heterocycles. The van der Waals surface area contributed by atoms with Crippen LogP contribution >= 0.6 is 0 Å². The summed E-state index contributed by atoms with van der Waals surface area (Å²) >= 11 is 0. The van der Waals surface area contributed by atoms with Gasteiger partial charge in [0.1, 0.15) is 11.4 Å². The van der Waals surface area contributed by atoms with Crippen molar-refractivity contribution in [2.75, 3.05) is 56.9 Å². The summed E-state index contributed by atoms with van der Waals surface area (Å²) in [6.45, 7) is 4.99. The van der Waals surface area contributed by atoms with Gasteiger partial charge in [0.2, 0.25) is 11.9 Å². The highest BCUT2D eigenvalue weighted by Gasteiger charge is 2.34. The van der Waals surface area contributed by atoms with Crippen LogP contribution in [0.1, 0.15) is 5.56 Å². The molecule has 210 valence electrons. The van der Waals surface area contributed by atoms with E-state index in [2.05, 4.69) is 32.2 Å². The van der Waals surface area contributed by atoms with Crippen LogP contribution in [0.2, 0.25) is 0 Å². The van der Waals surface area contributed by atoms with Crippen molar-refractivity contribution >= 4 is 34.6 Å². The molecule has 0 unspecified atom stereocenters. The standard InChI is InChI=1S/C27H29F3N8O2/c1-6-24(39)33-19-14-20(23(40-5)15-21(19)37(4)13-12-36(2)3)35-26-31-10-9-18(34-26)22-16-32-25-17(27(28,29)30)8-7-11-38(22)25/h6-11,14-16H,1,12-13H2,2-5H3,(H,33,39)(H,31,34,35). The molecule has 0 aliphatic carbocycles. The second-order valence-corrected chi connectivity index (χ2v) is 9.14. The quantitative estimate of drug-likeness (QED) is 0.273. The fourth-order valence-corrected chi connectivity index (χ4v) is 4.01. The maximum atomic E-state index is 13.5. The molecule has 4 aromatic rings. The number of carbonyl (C=O) groups excluding carboxylic acids is 1. The van der Waals surface area contributed by atoms with E-state index < -0.39 is 11.7 Å². The van der Waals surface area contributed by atoms with E-state index >= 15 is 0 Å². The summed E-state index contributed by atoms with van der Waals surface area (Å²) in [4.78, 5) is 29.0. The van der Waals surface area contributed by atoms with Gasteiger partial charge in [-0.25, -0.2) is 15.0 Å². The van der Waals surface area contributed by atoms with Gasteiger partial charge in [0.05, 0.1) is 47.3 Å². The fourth-order valence-electron chi connectivity index (χ4n) is 4.01. The van der Waals surface area contributed by atoms with Crippen molar-refractivity contribution in [2.45, 2.75) is 6.18 Å². The minimum absolute atomic E-state index is 0.160. The molecule has 0 spiro atoms. The number of hydrogen-bond donors (Lipinski definition) is 2. The normalized spacial score (nSPS) is 11.5. The molecule has 1 amide bonds. The molecule has 3 heterocycles. The van der Waals surface area contributed by atoms with Crippen molar-refractivity contribution in [3.8, 4) is 17.1 Å². The molecule has 40 heavy (non-hydrogen) atoms. The Labute approximate surface area is 229 Å². The molecular formula is C27H29F3N8O2. The fraction of sp³-hybridized carbons (Fsp3) is 0.259. The van der Waals surface area contributed by atoms with Crippen LogP contribution in [-0.4, -0.2) is 71.5 Å². The van der Waals surface area contributed by atoms with Crippen LogP contribution in [0, 0.1) is 0 Å². The molecule has 0 radical (unpaired) electrons. The largest absolute Gasteiger partial charge is 0.494 e. The van der Waals surface area contributed by atoms with Crippen molar-refractivity contribution in [3.05, 3.63) is 67.1 Å². The average Bonchev–Trinajstić information content (AvgIpc) is 3.35. The topological polar surface area (TPSA) is 99.9 Å². The zero-order chi connectivity index (χ0) is 29.0. The zero-order valence-corrected chi connectivity index (χ0v) is 22.5. The van der Waals surface area contributed by atoms with Crippen molar-refractivity contribution in [1.82, 2.24) is 24.3 Å². The molecule has 4 rings (SSSR count). The predicted octanol–water partition coefficient (Wildman–Crippen LogP) is 4.68. The number of amides is 1. The maximum absolute atomic E-state index is 13.5. The van der Waals surface area contributed by atoms with Gasteiger partial charge in [-0.1, -0.05) is 6.58 Å². The van der Waals surface area contributed by atoms with Crippen molar-refractivity contribution < 1.29 is 22.7 Å². The number of aromatic nitrogens is 4. The van der Waals surface area contributed by atoms with Crippen molar-refractivity contribution in [1.29, 1.82) is 0 Å². The smallest absolute Gasteiger partial charge is 0.419 e. The molecule has 0 saturated carbocycles. The van der Waals surface area contributed by atoms with Gasteiger partial charge >= 0.3 is 6.18 Å². The first-order valence-electron chi connectivity index (χ1n) is 12.2. The highest BCUT2D eigenvalue weighted by atomic mass is 19.4. The van der Waals surface area contributed by atoms with Gasteiger partial charge in [-0.3, -0.25) is 9.20 Å². The van der Waals surface area contributed by atoms with Crippen LogP contribution in [0.25, 0.3) is 17.0 Å². The third-order valence-electron chi connectivity index (χ3n) is 6.06. The van der Waals surface area contributed by atoms with Crippen molar-refractivity contribution in [3.63, 3.8) is 0 Å².